The molecule has 94 valence electrons. The molecule has 2 saturated heterocycles. The van der Waals surface area contributed by atoms with Crippen LogP contribution in [0.3, 0.4) is 0 Å². The lowest BCUT2D eigenvalue weighted by molar-refractivity contribution is -0.131. The van der Waals surface area contributed by atoms with Crippen molar-refractivity contribution in [1.29, 1.82) is 0 Å². The predicted molar refractivity (Wildman–Crippen MR) is 63.7 cm³/mol. The molecule has 0 bridgehead atoms. The van der Waals surface area contributed by atoms with Gasteiger partial charge in [0.25, 0.3) is 0 Å². The van der Waals surface area contributed by atoms with E-state index in [0.29, 0.717) is 12.1 Å². The number of nitrogens with one attached hydrogen (secondary N) is 1. The van der Waals surface area contributed by atoms with Crippen molar-refractivity contribution in [1.82, 2.24) is 10.2 Å². The van der Waals surface area contributed by atoms with Crippen molar-refractivity contribution in [3.63, 3.8) is 0 Å². The monoisotopic (exact) mass is 228 g/mol. The maximum Gasteiger partial charge on any atom is 0.0757 e. The molecule has 0 aliphatic carbocycles. The lowest BCUT2D eigenvalue weighted by Crippen LogP contribution is -2.56. The average molecular weight is 228 g/mol. The van der Waals surface area contributed by atoms with E-state index < -0.39 is 0 Å². The van der Waals surface area contributed by atoms with Crippen molar-refractivity contribution in [3.8, 4) is 0 Å². The van der Waals surface area contributed by atoms with E-state index in [1.807, 2.05) is 0 Å². The van der Waals surface area contributed by atoms with Crippen molar-refractivity contribution in [2.24, 2.45) is 0 Å². The van der Waals surface area contributed by atoms with Crippen LogP contribution in [0.2, 0.25) is 0 Å². The molecule has 2 aliphatic rings. The molecule has 2 aliphatic heterocycles. The fourth-order valence-electron chi connectivity index (χ4n) is 2.77. The minimum absolute atomic E-state index is 0.0206. The van der Waals surface area contributed by atoms with Gasteiger partial charge in [-0.3, -0.25) is 4.90 Å². The third kappa shape index (κ3) is 3.42. The number of hydrogen-bond donors (Lipinski definition) is 1. The number of rotatable bonds is 2. The fraction of sp³-hybridized carbons (Fsp3) is 1.00. The number of ether oxygens (including phenoxy) is 2. The quantitative estimate of drug-likeness (QED) is 0.745. The fourth-order valence-corrected chi connectivity index (χ4v) is 2.77. The highest BCUT2D eigenvalue weighted by atomic mass is 16.5. The maximum absolute atomic E-state index is 5.90. The lowest BCUT2D eigenvalue weighted by Gasteiger charge is -2.43. The number of nitrogens with zero attached hydrogens (tertiary/aromatic N) is 1. The highest BCUT2D eigenvalue weighted by molar-refractivity contribution is 4.85. The van der Waals surface area contributed by atoms with Crippen LogP contribution in [0.4, 0.5) is 0 Å². The molecule has 16 heavy (non-hydrogen) atoms. The first kappa shape index (κ1) is 12.3. The Morgan fingerprint density at radius 3 is 2.88 bits per heavy atom. The third-order valence-corrected chi connectivity index (χ3v) is 3.12. The van der Waals surface area contributed by atoms with Gasteiger partial charge in [-0.25, -0.2) is 0 Å². The molecule has 2 atom stereocenters. The van der Waals surface area contributed by atoms with Gasteiger partial charge in [-0.15, -0.1) is 0 Å². The summed E-state index contributed by atoms with van der Waals surface area (Å²) < 4.78 is 11.4. The van der Waals surface area contributed by atoms with E-state index in [4.69, 9.17) is 9.47 Å². The highest BCUT2D eigenvalue weighted by Crippen LogP contribution is 2.20. The Bertz CT molecular complexity index is 227. The van der Waals surface area contributed by atoms with Gasteiger partial charge in [-0.1, -0.05) is 0 Å². The molecule has 0 radical (unpaired) electrons. The second kappa shape index (κ2) is 5.00. The van der Waals surface area contributed by atoms with Gasteiger partial charge in [-0.05, 0) is 20.8 Å². The molecular weight excluding hydrogens is 204 g/mol. The van der Waals surface area contributed by atoms with Gasteiger partial charge in [0.05, 0.1) is 24.9 Å². The molecule has 0 aromatic rings. The zero-order valence-corrected chi connectivity index (χ0v) is 10.7. The summed E-state index contributed by atoms with van der Waals surface area (Å²) in [6.45, 7) is 12.3. The van der Waals surface area contributed by atoms with Crippen LogP contribution in [-0.2, 0) is 9.47 Å². The lowest BCUT2D eigenvalue weighted by atomic mass is 10.0. The van der Waals surface area contributed by atoms with Gasteiger partial charge in [-0.2, -0.15) is 0 Å². The van der Waals surface area contributed by atoms with E-state index in [-0.39, 0.29) is 5.60 Å². The molecule has 0 saturated carbocycles. The molecule has 0 spiro atoms. The number of morpholine rings is 2. The smallest absolute Gasteiger partial charge is 0.0757 e. The Morgan fingerprint density at radius 1 is 1.44 bits per heavy atom. The van der Waals surface area contributed by atoms with E-state index in [1.165, 1.54) is 0 Å². The van der Waals surface area contributed by atoms with E-state index >= 15 is 0 Å². The summed E-state index contributed by atoms with van der Waals surface area (Å²) in [5.74, 6) is 0. The second-order valence-electron chi connectivity index (χ2n) is 5.61. The van der Waals surface area contributed by atoms with E-state index in [0.717, 1.165) is 39.4 Å². The number of hydrogen-bond acceptors (Lipinski definition) is 4. The Hall–Kier alpha value is -0.160. The summed E-state index contributed by atoms with van der Waals surface area (Å²) in [5, 5.41) is 3.50. The van der Waals surface area contributed by atoms with E-state index in [2.05, 4.69) is 31.0 Å². The van der Waals surface area contributed by atoms with E-state index in [1.54, 1.807) is 0 Å². The summed E-state index contributed by atoms with van der Waals surface area (Å²) in [4.78, 5) is 2.49. The van der Waals surface area contributed by atoms with Gasteiger partial charge in [0, 0.05) is 32.2 Å². The van der Waals surface area contributed by atoms with Crippen molar-refractivity contribution < 1.29 is 9.47 Å². The maximum atomic E-state index is 5.90. The van der Waals surface area contributed by atoms with Gasteiger partial charge in [0.2, 0.25) is 0 Å². The SMILES string of the molecule is CC1CN(CC2COCCN2)CC(C)(C)O1. The standard InChI is InChI=1S/C12H24N2O2/c1-10-6-14(9-12(2,3)16-10)7-11-8-15-5-4-13-11/h10-11,13H,4-9H2,1-3H3. The normalized spacial score (nSPS) is 36.2. The van der Waals surface area contributed by atoms with Crippen LogP contribution >= 0.6 is 0 Å². The van der Waals surface area contributed by atoms with Gasteiger partial charge >= 0.3 is 0 Å². The molecular formula is C12H24N2O2. The van der Waals surface area contributed by atoms with Crippen molar-refractivity contribution in [2.45, 2.75) is 38.5 Å². The van der Waals surface area contributed by atoms with Crippen LogP contribution in [-0.4, -0.2) is 62.0 Å². The Balaban J connectivity index is 1.84. The molecule has 1 N–H and O–H groups in total. The molecule has 2 fully saturated rings. The summed E-state index contributed by atoms with van der Waals surface area (Å²) in [6.07, 6.45) is 0.327. The highest BCUT2D eigenvalue weighted by Gasteiger charge is 2.32. The Labute approximate surface area is 98.3 Å². The zero-order valence-electron chi connectivity index (χ0n) is 10.7. The molecule has 4 heteroatoms. The summed E-state index contributed by atoms with van der Waals surface area (Å²) in [6, 6.07) is 0.481. The van der Waals surface area contributed by atoms with Crippen LogP contribution in [0.5, 0.6) is 0 Å². The first-order chi connectivity index (χ1) is 7.55. The topological polar surface area (TPSA) is 33.7 Å². The van der Waals surface area contributed by atoms with E-state index in [9.17, 15) is 0 Å². The molecule has 2 heterocycles. The molecule has 0 aromatic heterocycles. The first-order valence-electron chi connectivity index (χ1n) is 6.26. The van der Waals surface area contributed by atoms with Crippen LogP contribution in [0, 0.1) is 0 Å². The zero-order chi connectivity index (χ0) is 11.6. The predicted octanol–water partition coefficient (Wildman–Crippen LogP) is 0.474. The largest absolute Gasteiger partial charge is 0.378 e. The third-order valence-electron chi connectivity index (χ3n) is 3.12. The molecule has 4 nitrogen and oxygen atoms in total. The Morgan fingerprint density at radius 2 is 2.25 bits per heavy atom. The molecule has 2 rings (SSSR count). The Kier molecular flexibility index (Phi) is 3.85. The van der Waals surface area contributed by atoms with Gasteiger partial charge in [0.15, 0.2) is 0 Å². The van der Waals surface area contributed by atoms with Crippen molar-refractivity contribution >= 4 is 0 Å². The molecule has 2 unspecified atom stereocenters. The molecule has 0 aromatic carbocycles. The van der Waals surface area contributed by atoms with Gasteiger partial charge < -0.3 is 14.8 Å². The molecule has 0 amide bonds. The summed E-state index contributed by atoms with van der Waals surface area (Å²) in [5.41, 5.74) is -0.0206. The van der Waals surface area contributed by atoms with Crippen LogP contribution in [0.15, 0.2) is 0 Å². The minimum atomic E-state index is -0.0206. The minimum Gasteiger partial charge on any atom is -0.378 e. The summed E-state index contributed by atoms with van der Waals surface area (Å²) in [7, 11) is 0. The van der Waals surface area contributed by atoms with Crippen molar-refractivity contribution in [2.75, 3.05) is 39.4 Å². The van der Waals surface area contributed by atoms with Crippen molar-refractivity contribution in [3.05, 3.63) is 0 Å². The van der Waals surface area contributed by atoms with Crippen LogP contribution in [0.25, 0.3) is 0 Å². The van der Waals surface area contributed by atoms with Crippen LogP contribution < -0.4 is 5.32 Å². The van der Waals surface area contributed by atoms with Gasteiger partial charge in [0.1, 0.15) is 0 Å². The average Bonchev–Trinajstić information content (AvgIpc) is 2.15. The van der Waals surface area contributed by atoms with Crippen LogP contribution in [0.1, 0.15) is 20.8 Å². The summed E-state index contributed by atoms with van der Waals surface area (Å²) >= 11 is 0. The second-order valence-corrected chi connectivity index (χ2v) is 5.61. The first-order valence-corrected chi connectivity index (χ1v) is 6.26.